The highest BCUT2D eigenvalue weighted by molar-refractivity contribution is 5.85. The van der Waals surface area contributed by atoms with E-state index in [0.717, 1.165) is 27.8 Å². The maximum Gasteiger partial charge on any atom is 0.411 e. The molecule has 0 bridgehead atoms. The van der Waals surface area contributed by atoms with Gasteiger partial charge in [-0.1, -0.05) is 60.7 Å². The third kappa shape index (κ3) is 6.31. The van der Waals surface area contributed by atoms with Crippen LogP contribution in [0.15, 0.2) is 72.8 Å². The van der Waals surface area contributed by atoms with E-state index in [9.17, 15) is 19.5 Å². The third-order valence-electron chi connectivity index (χ3n) is 6.23. The minimum atomic E-state index is -1.36. The summed E-state index contributed by atoms with van der Waals surface area (Å²) in [4.78, 5) is 38.9. The highest BCUT2D eigenvalue weighted by Gasteiger charge is 2.42. The van der Waals surface area contributed by atoms with E-state index in [1.165, 1.54) is 12.0 Å². The first-order chi connectivity index (χ1) is 18.6. The molecule has 204 valence electrons. The highest BCUT2D eigenvalue weighted by Crippen LogP contribution is 2.47. The van der Waals surface area contributed by atoms with Crippen LogP contribution < -0.4 is 10.1 Å². The zero-order valence-corrected chi connectivity index (χ0v) is 22.3. The predicted octanol–water partition coefficient (Wildman–Crippen LogP) is 5.38. The van der Waals surface area contributed by atoms with Gasteiger partial charge < -0.3 is 24.6 Å². The molecular formula is C30H32N2O7. The molecular weight excluding hydrogens is 500 g/mol. The fourth-order valence-corrected chi connectivity index (χ4v) is 4.63. The van der Waals surface area contributed by atoms with E-state index < -0.39 is 35.8 Å². The zero-order valence-electron chi connectivity index (χ0n) is 22.3. The van der Waals surface area contributed by atoms with Crippen molar-refractivity contribution in [1.82, 2.24) is 10.2 Å². The van der Waals surface area contributed by atoms with Gasteiger partial charge in [0.05, 0.1) is 13.2 Å². The van der Waals surface area contributed by atoms with E-state index >= 15 is 0 Å². The summed E-state index contributed by atoms with van der Waals surface area (Å²) in [5.41, 5.74) is 3.60. The number of rotatable bonds is 8. The van der Waals surface area contributed by atoms with Gasteiger partial charge in [0.2, 0.25) is 0 Å². The Morgan fingerprint density at radius 3 is 2.13 bits per heavy atom. The molecule has 0 fully saturated rings. The predicted molar refractivity (Wildman–Crippen MR) is 144 cm³/mol. The van der Waals surface area contributed by atoms with Gasteiger partial charge in [-0.3, -0.25) is 4.90 Å². The number of hydrogen-bond donors (Lipinski definition) is 2. The fraction of sp³-hybridized carbons (Fsp3) is 0.300. The molecule has 1 aliphatic rings. The molecule has 0 saturated heterocycles. The number of carbonyl (C=O) groups is 3. The second-order valence-corrected chi connectivity index (χ2v) is 10.1. The molecule has 9 heteroatoms. The van der Waals surface area contributed by atoms with Crippen LogP contribution in [0.5, 0.6) is 5.75 Å². The summed E-state index contributed by atoms with van der Waals surface area (Å²) in [5, 5.41) is 12.9. The van der Waals surface area contributed by atoms with Gasteiger partial charge in [-0.15, -0.1) is 0 Å². The van der Waals surface area contributed by atoms with E-state index in [1.807, 2.05) is 48.5 Å². The summed E-state index contributed by atoms with van der Waals surface area (Å²) >= 11 is 0. The number of carboxylic acids is 1. The minimum Gasteiger partial charge on any atom is -0.491 e. The van der Waals surface area contributed by atoms with Crippen LogP contribution in [0.3, 0.4) is 0 Å². The quantitative estimate of drug-likeness (QED) is 0.400. The first-order valence-electron chi connectivity index (χ1n) is 12.5. The number of hydrogen-bond acceptors (Lipinski definition) is 6. The van der Waals surface area contributed by atoms with Crippen LogP contribution >= 0.6 is 0 Å². The van der Waals surface area contributed by atoms with Gasteiger partial charge in [-0.2, -0.15) is 0 Å². The van der Waals surface area contributed by atoms with Crippen LogP contribution in [0.4, 0.5) is 9.59 Å². The molecule has 0 saturated carbocycles. The lowest BCUT2D eigenvalue weighted by molar-refractivity contribution is -0.144. The van der Waals surface area contributed by atoms with Crippen LogP contribution in [-0.4, -0.2) is 53.5 Å². The molecule has 2 N–H and O–H groups in total. The topological polar surface area (TPSA) is 114 Å². The number of nitrogens with one attached hydrogen (secondary N) is 1. The summed E-state index contributed by atoms with van der Waals surface area (Å²) < 4.78 is 16.2. The van der Waals surface area contributed by atoms with Crippen molar-refractivity contribution in [2.24, 2.45) is 0 Å². The standard InChI is InChI=1S/C30H32N2O7/c1-30(2,3)39-28(35)31-17-19-10-9-11-20(16-19)38-18-25(27(33)34)32(29(36)37-4)26-23-14-7-5-12-21(23)22-13-6-8-15-24(22)26/h5-16,25-26H,17-18H2,1-4H3,(H,31,35)(H,33,34)/t25-/m0/s1. The molecule has 0 aliphatic heterocycles. The van der Waals surface area contributed by atoms with Crippen molar-refractivity contribution in [2.75, 3.05) is 13.7 Å². The Hall–Kier alpha value is -4.53. The van der Waals surface area contributed by atoms with Gasteiger partial charge in [0.25, 0.3) is 0 Å². The van der Waals surface area contributed by atoms with E-state index in [4.69, 9.17) is 14.2 Å². The van der Waals surface area contributed by atoms with Crippen LogP contribution in [0.2, 0.25) is 0 Å². The number of nitrogens with zero attached hydrogens (tertiary/aromatic N) is 1. The molecule has 3 aromatic carbocycles. The molecule has 0 aromatic heterocycles. The van der Waals surface area contributed by atoms with Gasteiger partial charge in [-0.05, 0) is 60.7 Å². The van der Waals surface area contributed by atoms with Crippen molar-refractivity contribution in [1.29, 1.82) is 0 Å². The molecule has 2 amide bonds. The smallest absolute Gasteiger partial charge is 0.411 e. The number of carboxylic acid groups (broad SMARTS) is 1. The number of aliphatic carboxylic acids is 1. The monoisotopic (exact) mass is 532 g/mol. The second-order valence-electron chi connectivity index (χ2n) is 10.1. The fourth-order valence-electron chi connectivity index (χ4n) is 4.63. The van der Waals surface area contributed by atoms with Gasteiger partial charge in [0.15, 0.2) is 6.04 Å². The molecule has 3 aromatic rings. The Morgan fingerprint density at radius 2 is 1.56 bits per heavy atom. The lowest BCUT2D eigenvalue weighted by Gasteiger charge is -2.34. The SMILES string of the molecule is COC(=O)N(C1c2ccccc2-c2ccccc21)[C@@H](COc1cccc(CNC(=O)OC(C)(C)C)c1)C(=O)O. The minimum absolute atomic E-state index is 0.193. The number of benzene rings is 3. The number of alkyl carbamates (subject to hydrolysis) is 1. The summed E-state index contributed by atoms with van der Waals surface area (Å²) in [6.07, 6.45) is -1.33. The second kappa shape index (κ2) is 11.5. The molecule has 0 unspecified atom stereocenters. The molecule has 0 radical (unpaired) electrons. The third-order valence-corrected chi connectivity index (χ3v) is 6.23. The molecule has 4 rings (SSSR count). The average molecular weight is 533 g/mol. The first kappa shape index (κ1) is 27.5. The van der Waals surface area contributed by atoms with Crippen LogP contribution in [0.25, 0.3) is 11.1 Å². The molecule has 0 spiro atoms. The van der Waals surface area contributed by atoms with Crippen LogP contribution in [-0.2, 0) is 20.8 Å². The maximum absolute atomic E-state index is 13.1. The number of methoxy groups -OCH3 is 1. The van der Waals surface area contributed by atoms with Crippen molar-refractivity contribution < 1.29 is 33.7 Å². The molecule has 1 atom stereocenters. The molecule has 0 heterocycles. The maximum atomic E-state index is 13.1. The number of ether oxygens (including phenoxy) is 3. The van der Waals surface area contributed by atoms with Crippen molar-refractivity contribution in [3.05, 3.63) is 89.5 Å². The van der Waals surface area contributed by atoms with Crippen LogP contribution in [0.1, 0.15) is 43.5 Å². The number of carbonyl (C=O) groups excluding carboxylic acids is 2. The van der Waals surface area contributed by atoms with Crippen molar-refractivity contribution in [3.63, 3.8) is 0 Å². The molecule has 39 heavy (non-hydrogen) atoms. The number of amides is 2. The zero-order chi connectivity index (χ0) is 28.2. The van der Waals surface area contributed by atoms with Gasteiger partial charge in [-0.25, -0.2) is 14.4 Å². The molecule has 9 nitrogen and oxygen atoms in total. The highest BCUT2D eigenvalue weighted by atomic mass is 16.6. The van der Waals surface area contributed by atoms with Crippen molar-refractivity contribution in [3.8, 4) is 16.9 Å². The first-order valence-corrected chi connectivity index (χ1v) is 12.5. The van der Waals surface area contributed by atoms with Crippen molar-refractivity contribution >= 4 is 18.2 Å². The van der Waals surface area contributed by atoms with Gasteiger partial charge in [0.1, 0.15) is 18.0 Å². The Kier molecular flexibility index (Phi) is 8.09. The Bertz CT molecular complexity index is 1320. The van der Waals surface area contributed by atoms with E-state index in [0.29, 0.717) is 5.75 Å². The van der Waals surface area contributed by atoms with E-state index in [1.54, 1.807) is 45.0 Å². The summed E-state index contributed by atoms with van der Waals surface area (Å²) in [5.74, 6) is -0.841. The van der Waals surface area contributed by atoms with Gasteiger partial charge >= 0.3 is 18.2 Å². The van der Waals surface area contributed by atoms with Crippen molar-refractivity contribution in [2.45, 2.75) is 45.0 Å². The average Bonchev–Trinajstić information content (AvgIpc) is 3.23. The van der Waals surface area contributed by atoms with E-state index in [-0.39, 0.29) is 13.2 Å². The van der Waals surface area contributed by atoms with E-state index in [2.05, 4.69) is 5.32 Å². The normalized spacial score (nSPS) is 13.0. The Labute approximate surface area is 227 Å². The summed E-state index contributed by atoms with van der Waals surface area (Å²) in [7, 11) is 1.23. The van der Waals surface area contributed by atoms with Crippen LogP contribution in [0, 0.1) is 0 Å². The lowest BCUT2D eigenvalue weighted by atomic mass is 10.0. The lowest BCUT2D eigenvalue weighted by Crippen LogP contribution is -2.50. The van der Waals surface area contributed by atoms with Gasteiger partial charge in [0, 0.05) is 6.54 Å². The molecule has 1 aliphatic carbocycles. The summed E-state index contributed by atoms with van der Waals surface area (Å²) in [6.45, 7) is 5.20. The number of fused-ring (bicyclic) bond motifs is 3. The Balaban J connectivity index is 1.56. The largest absolute Gasteiger partial charge is 0.491 e. The summed E-state index contributed by atoms with van der Waals surface area (Å²) in [6, 6.07) is 20.1. The Morgan fingerprint density at radius 1 is 0.949 bits per heavy atom.